The normalized spacial score (nSPS) is 10.9. The van der Waals surface area contributed by atoms with Crippen molar-refractivity contribution in [3.05, 3.63) is 59.4 Å². The van der Waals surface area contributed by atoms with Crippen molar-refractivity contribution < 1.29 is 0 Å². The average molecular weight is 376 g/mol. The van der Waals surface area contributed by atoms with Crippen molar-refractivity contribution in [2.75, 3.05) is 16.4 Å². The topological polar surface area (TPSA) is 88.8 Å². The molecule has 4 N–H and O–H groups in total. The zero-order chi connectivity index (χ0) is 19.0. The second-order valence-electron chi connectivity index (χ2n) is 6.49. The molecule has 0 fully saturated rings. The molecule has 0 aliphatic heterocycles. The smallest absolute Gasteiger partial charge is 0.189 e. The van der Waals surface area contributed by atoms with Gasteiger partial charge in [-0.25, -0.2) is 15.0 Å². The highest BCUT2D eigenvalue weighted by Gasteiger charge is 2.12. The van der Waals surface area contributed by atoms with Gasteiger partial charge in [-0.1, -0.05) is 35.6 Å². The number of para-hydroxylation sites is 1. The van der Waals surface area contributed by atoms with Gasteiger partial charge in [0.05, 0.1) is 10.2 Å². The third-order valence-corrected chi connectivity index (χ3v) is 5.31. The molecule has 0 saturated heterocycles. The van der Waals surface area contributed by atoms with Gasteiger partial charge in [-0.2, -0.15) is 0 Å². The fraction of sp³-hybridized carbons (Fsp3) is 0.150. The van der Waals surface area contributed by atoms with E-state index in [2.05, 4.69) is 69.8 Å². The molecule has 4 rings (SSSR count). The molecular formula is C20H20N6S. The predicted octanol–water partition coefficient (Wildman–Crippen LogP) is 5.08. The third kappa shape index (κ3) is 3.41. The summed E-state index contributed by atoms with van der Waals surface area (Å²) in [6.45, 7) is 6.15. The first-order valence-corrected chi connectivity index (χ1v) is 9.41. The Hall–Kier alpha value is -3.19. The van der Waals surface area contributed by atoms with Gasteiger partial charge in [-0.05, 0) is 49.6 Å². The van der Waals surface area contributed by atoms with Crippen LogP contribution in [0.3, 0.4) is 0 Å². The summed E-state index contributed by atoms with van der Waals surface area (Å²) in [7, 11) is 0. The lowest BCUT2D eigenvalue weighted by molar-refractivity contribution is 1.17. The molecule has 27 heavy (non-hydrogen) atoms. The fourth-order valence-electron chi connectivity index (χ4n) is 2.83. The number of hydrogen-bond acceptors (Lipinski definition) is 7. The van der Waals surface area contributed by atoms with E-state index in [1.807, 2.05) is 13.0 Å². The lowest BCUT2D eigenvalue weighted by atomic mass is 10.1. The van der Waals surface area contributed by atoms with E-state index in [4.69, 9.17) is 5.73 Å². The molecule has 0 amide bonds. The first-order chi connectivity index (χ1) is 13.0. The maximum Gasteiger partial charge on any atom is 0.189 e. The molecule has 0 spiro atoms. The standard InChI is InChI=1S/C20H20N6S/c1-11-7-8-12(2)14(9-11)24-18-16(21)19(23-10-22-18)26-20-25-17-13(3)5-4-6-15(17)27-20/h4-10H,21H2,1-3H3,(H2,22,23,24,25,26). The minimum atomic E-state index is 0.453. The van der Waals surface area contributed by atoms with Gasteiger partial charge in [-0.15, -0.1) is 0 Å². The molecule has 4 aromatic rings. The van der Waals surface area contributed by atoms with Crippen LogP contribution in [0.1, 0.15) is 16.7 Å². The third-order valence-electron chi connectivity index (χ3n) is 4.38. The number of nitrogens with zero attached hydrogens (tertiary/aromatic N) is 3. The van der Waals surface area contributed by atoms with Crippen molar-refractivity contribution in [2.24, 2.45) is 0 Å². The van der Waals surface area contributed by atoms with Crippen LogP contribution in [0.2, 0.25) is 0 Å². The number of aryl methyl sites for hydroxylation is 3. The van der Waals surface area contributed by atoms with E-state index in [0.29, 0.717) is 17.3 Å². The number of aromatic nitrogens is 3. The molecule has 136 valence electrons. The van der Waals surface area contributed by atoms with E-state index in [-0.39, 0.29) is 0 Å². The molecule has 6 nitrogen and oxygen atoms in total. The summed E-state index contributed by atoms with van der Waals surface area (Å²) in [6, 6.07) is 12.4. The minimum Gasteiger partial charge on any atom is -0.393 e. The summed E-state index contributed by atoms with van der Waals surface area (Å²) >= 11 is 1.57. The molecule has 0 bridgehead atoms. The highest BCUT2D eigenvalue weighted by atomic mass is 32.1. The lowest BCUT2D eigenvalue weighted by Gasteiger charge is -2.13. The zero-order valence-electron chi connectivity index (χ0n) is 15.4. The minimum absolute atomic E-state index is 0.453. The van der Waals surface area contributed by atoms with Gasteiger partial charge in [0, 0.05) is 5.69 Å². The van der Waals surface area contributed by atoms with Gasteiger partial charge in [0.15, 0.2) is 16.8 Å². The lowest BCUT2D eigenvalue weighted by Crippen LogP contribution is -2.05. The Morgan fingerprint density at radius 3 is 2.48 bits per heavy atom. The van der Waals surface area contributed by atoms with Gasteiger partial charge in [0.1, 0.15) is 12.0 Å². The average Bonchev–Trinajstić information content (AvgIpc) is 3.05. The number of thiazole rings is 1. The van der Waals surface area contributed by atoms with Gasteiger partial charge in [0.25, 0.3) is 0 Å². The molecule has 0 radical (unpaired) electrons. The molecule has 2 aromatic carbocycles. The molecule has 0 aliphatic carbocycles. The van der Waals surface area contributed by atoms with Gasteiger partial charge in [-0.3, -0.25) is 0 Å². The van der Waals surface area contributed by atoms with Crippen LogP contribution in [0.4, 0.5) is 28.1 Å². The predicted molar refractivity (Wildman–Crippen MR) is 113 cm³/mol. The van der Waals surface area contributed by atoms with E-state index >= 15 is 0 Å². The number of fused-ring (bicyclic) bond motifs is 1. The summed E-state index contributed by atoms with van der Waals surface area (Å²) < 4.78 is 1.12. The number of hydrogen-bond donors (Lipinski definition) is 3. The Balaban J connectivity index is 1.65. The number of nitrogens with two attached hydrogens (primary N) is 1. The number of nitrogens with one attached hydrogen (secondary N) is 2. The Morgan fingerprint density at radius 1 is 0.926 bits per heavy atom. The van der Waals surface area contributed by atoms with Crippen LogP contribution in [-0.4, -0.2) is 15.0 Å². The van der Waals surface area contributed by atoms with Gasteiger partial charge >= 0.3 is 0 Å². The first-order valence-electron chi connectivity index (χ1n) is 8.59. The molecule has 0 saturated carbocycles. The zero-order valence-corrected chi connectivity index (χ0v) is 16.2. The molecule has 2 heterocycles. The molecule has 2 aromatic heterocycles. The largest absolute Gasteiger partial charge is 0.393 e. The van der Waals surface area contributed by atoms with Crippen molar-refractivity contribution in [1.82, 2.24) is 15.0 Å². The SMILES string of the molecule is Cc1ccc(C)c(Nc2ncnc(Nc3nc4c(C)cccc4s3)c2N)c1. The number of nitrogen functional groups attached to an aromatic ring is 1. The van der Waals surface area contributed by atoms with Crippen LogP contribution in [0.25, 0.3) is 10.2 Å². The van der Waals surface area contributed by atoms with Crippen LogP contribution in [0, 0.1) is 20.8 Å². The van der Waals surface area contributed by atoms with Crippen molar-refractivity contribution >= 4 is 49.7 Å². The highest BCUT2D eigenvalue weighted by Crippen LogP contribution is 2.33. The van der Waals surface area contributed by atoms with Crippen molar-refractivity contribution in [2.45, 2.75) is 20.8 Å². The van der Waals surface area contributed by atoms with E-state index < -0.39 is 0 Å². The first kappa shape index (κ1) is 17.2. The molecule has 0 unspecified atom stereocenters. The summed E-state index contributed by atoms with van der Waals surface area (Å²) in [5.41, 5.74) is 12.2. The van der Waals surface area contributed by atoms with Gasteiger partial charge in [0.2, 0.25) is 0 Å². The number of rotatable bonds is 4. The molecular weight excluding hydrogens is 356 g/mol. The van der Waals surface area contributed by atoms with Crippen LogP contribution in [-0.2, 0) is 0 Å². The van der Waals surface area contributed by atoms with E-state index in [1.54, 1.807) is 11.3 Å². The number of benzene rings is 2. The van der Waals surface area contributed by atoms with Crippen molar-refractivity contribution in [1.29, 1.82) is 0 Å². The Kier molecular flexibility index (Phi) is 4.37. The molecule has 0 atom stereocenters. The van der Waals surface area contributed by atoms with Crippen molar-refractivity contribution in [3.63, 3.8) is 0 Å². The summed E-state index contributed by atoms with van der Waals surface area (Å²) in [6.07, 6.45) is 1.49. The molecule has 7 heteroatoms. The van der Waals surface area contributed by atoms with Crippen LogP contribution in [0.15, 0.2) is 42.7 Å². The maximum atomic E-state index is 6.32. The Morgan fingerprint density at radius 2 is 1.70 bits per heavy atom. The van der Waals surface area contributed by atoms with E-state index in [0.717, 1.165) is 32.2 Å². The number of anilines is 5. The quantitative estimate of drug-likeness (QED) is 0.460. The summed E-state index contributed by atoms with van der Waals surface area (Å²) in [5.74, 6) is 1.10. The van der Waals surface area contributed by atoms with Crippen LogP contribution in [0.5, 0.6) is 0 Å². The summed E-state index contributed by atoms with van der Waals surface area (Å²) in [5, 5.41) is 7.29. The second kappa shape index (κ2) is 6.85. The highest BCUT2D eigenvalue weighted by molar-refractivity contribution is 7.22. The van der Waals surface area contributed by atoms with Crippen LogP contribution >= 0.6 is 11.3 Å². The maximum absolute atomic E-state index is 6.32. The monoisotopic (exact) mass is 376 g/mol. The van der Waals surface area contributed by atoms with Crippen LogP contribution < -0.4 is 16.4 Å². The van der Waals surface area contributed by atoms with Gasteiger partial charge < -0.3 is 16.4 Å². The van der Waals surface area contributed by atoms with E-state index in [1.165, 1.54) is 11.9 Å². The second-order valence-corrected chi connectivity index (χ2v) is 7.52. The fourth-order valence-corrected chi connectivity index (χ4v) is 3.78. The van der Waals surface area contributed by atoms with E-state index in [9.17, 15) is 0 Å². The Bertz CT molecular complexity index is 1130. The summed E-state index contributed by atoms with van der Waals surface area (Å²) in [4.78, 5) is 13.2. The van der Waals surface area contributed by atoms with Crippen molar-refractivity contribution in [3.8, 4) is 0 Å². The molecule has 0 aliphatic rings. The Labute approximate surface area is 161 Å².